The van der Waals surface area contributed by atoms with Gasteiger partial charge in [-0.05, 0) is 49.6 Å². The molecule has 1 heterocycles. The molecule has 15 heavy (non-hydrogen) atoms. The minimum Gasteiger partial charge on any atom is -0.253 e. The van der Waals surface area contributed by atoms with Gasteiger partial charge in [0, 0.05) is 16.8 Å². The highest BCUT2D eigenvalue weighted by molar-refractivity contribution is 7.79. The molecule has 0 aliphatic rings. The fourth-order valence-corrected chi connectivity index (χ4v) is 2.37. The lowest BCUT2D eigenvalue weighted by Gasteiger charge is -2.09. The van der Waals surface area contributed by atoms with E-state index < -0.39 is 0 Å². The summed E-state index contributed by atoms with van der Waals surface area (Å²) in [5.74, 6) is 0.768. The minimum absolute atomic E-state index is 0.768. The fourth-order valence-electron chi connectivity index (χ4n) is 2.12. The summed E-state index contributed by atoms with van der Waals surface area (Å²) < 4.78 is 0. The van der Waals surface area contributed by atoms with Crippen LogP contribution in [0.1, 0.15) is 22.4 Å². The first kappa shape index (κ1) is 10.5. The Morgan fingerprint density at radius 1 is 1.13 bits per heavy atom. The van der Waals surface area contributed by atoms with Crippen molar-refractivity contribution in [3.63, 3.8) is 0 Å². The molecule has 0 aliphatic heterocycles. The maximum atomic E-state index is 4.57. The van der Waals surface area contributed by atoms with Crippen molar-refractivity contribution >= 4 is 23.5 Å². The van der Waals surface area contributed by atoms with Crippen LogP contribution in [0.4, 0.5) is 0 Å². The van der Waals surface area contributed by atoms with Crippen LogP contribution in [0.15, 0.2) is 18.2 Å². The van der Waals surface area contributed by atoms with Crippen LogP contribution in [0, 0.1) is 20.8 Å². The zero-order chi connectivity index (χ0) is 11.0. The summed E-state index contributed by atoms with van der Waals surface area (Å²) >= 11 is 4.38. The van der Waals surface area contributed by atoms with Gasteiger partial charge < -0.3 is 0 Å². The van der Waals surface area contributed by atoms with Gasteiger partial charge in [0.05, 0.1) is 5.52 Å². The second-order valence-electron chi connectivity index (χ2n) is 4.06. The smallest absolute Gasteiger partial charge is 0.0713 e. The highest BCUT2D eigenvalue weighted by Gasteiger charge is 2.06. The standard InChI is InChI=1S/C13H15NS/c1-8-4-9(2)13-11(7-15)6-10(3)14-12(13)5-8/h4-6,15H,7H2,1-3H3. The number of rotatable bonds is 1. The van der Waals surface area contributed by atoms with Gasteiger partial charge in [0.15, 0.2) is 0 Å². The summed E-state index contributed by atoms with van der Waals surface area (Å²) in [5.41, 5.74) is 6.00. The maximum absolute atomic E-state index is 4.57. The molecule has 0 bridgehead atoms. The quantitative estimate of drug-likeness (QED) is 0.720. The van der Waals surface area contributed by atoms with Crippen molar-refractivity contribution in [1.82, 2.24) is 4.98 Å². The van der Waals surface area contributed by atoms with Crippen LogP contribution >= 0.6 is 12.6 Å². The molecule has 0 radical (unpaired) electrons. The monoisotopic (exact) mass is 217 g/mol. The lowest BCUT2D eigenvalue weighted by molar-refractivity contribution is 1.22. The highest BCUT2D eigenvalue weighted by atomic mass is 32.1. The molecule has 78 valence electrons. The van der Waals surface area contributed by atoms with Gasteiger partial charge in [0.2, 0.25) is 0 Å². The largest absolute Gasteiger partial charge is 0.253 e. The van der Waals surface area contributed by atoms with E-state index in [1.807, 2.05) is 6.92 Å². The Bertz CT molecular complexity index is 512. The number of fused-ring (bicyclic) bond motifs is 1. The maximum Gasteiger partial charge on any atom is 0.0713 e. The predicted molar refractivity (Wildman–Crippen MR) is 68.6 cm³/mol. The topological polar surface area (TPSA) is 12.9 Å². The number of thiol groups is 1. The first-order valence-electron chi connectivity index (χ1n) is 5.10. The molecule has 0 unspecified atom stereocenters. The Labute approximate surface area is 95.9 Å². The van der Waals surface area contributed by atoms with E-state index in [2.05, 4.69) is 49.7 Å². The lowest BCUT2D eigenvalue weighted by atomic mass is 10.0. The molecule has 0 amide bonds. The molecule has 0 spiro atoms. The van der Waals surface area contributed by atoms with E-state index in [1.165, 1.54) is 22.1 Å². The van der Waals surface area contributed by atoms with E-state index in [1.54, 1.807) is 0 Å². The van der Waals surface area contributed by atoms with Crippen molar-refractivity contribution in [3.8, 4) is 0 Å². The number of benzene rings is 1. The van der Waals surface area contributed by atoms with Gasteiger partial charge in [0.1, 0.15) is 0 Å². The Hall–Kier alpha value is -1.02. The normalized spacial score (nSPS) is 10.9. The predicted octanol–water partition coefficient (Wildman–Crippen LogP) is 3.59. The van der Waals surface area contributed by atoms with Gasteiger partial charge >= 0.3 is 0 Å². The third-order valence-corrected chi connectivity index (χ3v) is 2.97. The minimum atomic E-state index is 0.768. The first-order valence-corrected chi connectivity index (χ1v) is 5.73. The average Bonchev–Trinajstić information content (AvgIpc) is 2.14. The van der Waals surface area contributed by atoms with Gasteiger partial charge in [-0.2, -0.15) is 12.6 Å². The molecule has 0 atom stereocenters. The molecule has 0 aliphatic carbocycles. The van der Waals surface area contributed by atoms with Crippen LogP contribution in [0.5, 0.6) is 0 Å². The second-order valence-corrected chi connectivity index (χ2v) is 4.37. The van der Waals surface area contributed by atoms with E-state index in [0.717, 1.165) is 17.0 Å². The summed E-state index contributed by atoms with van der Waals surface area (Å²) in [5, 5.41) is 1.27. The molecular weight excluding hydrogens is 202 g/mol. The number of pyridine rings is 1. The van der Waals surface area contributed by atoms with Crippen molar-refractivity contribution in [3.05, 3.63) is 40.6 Å². The number of aryl methyl sites for hydroxylation is 3. The molecule has 0 saturated carbocycles. The van der Waals surface area contributed by atoms with E-state index >= 15 is 0 Å². The first-order chi connectivity index (χ1) is 7.11. The van der Waals surface area contributed by atoms with Gasteiger partial charge in [-0.25, -0.2) is 0 Å². The fraction of sp³-hybridized carbons (Fsp3) is 0.308. The van der Waals surface area contributed by atoms with Gasteiger partial charge in [-0.1, -0.05) is 6.07 Å². The molecular formula is C13H15NS. The summed E-state index contributed by atoms with van der Waals surface area (Å²) in [6.07, 6.45) is 0. The van der Waals surface area contributed by atoms with E-state index in [4.69, 9.17) is 0 Å². The molecule has 0 fully saturated rings. The summed E-state index contributed by atoms with van der Waals surface area (Å²) in [6.45, 7) is 6.28. The van der Waals surface area contributed by atoms with Crippen LogP contribution in [0.3, 0.4) is 0 Å². The Morgan fingerprint density at radius 3 is 2.53 bits per heavy atom. The molecule has 1 aromatic carbocycles. The van der Waals surface area contributed by atoms with Crippen molar-refractivity contribution < 1.29 is 0 Å². The molecule has 2 heteroatoms. The van der Waals surface area contributed by atoms with Gasteiger partial charge in [-0.15, -0.1) is 0 Å². The Morgan fingerprint density at radius 2 is 1.87 bits per heavy atom. The zero-order valence-corrected chi connectivity index (χ0v) is 10.2. The lowest BCUT2D eigenvalue weighted by Crippen LogP contribution is -1.93. The number of hydrogen-bond donors (Lipinski definition) is 1. The van der Waals surface area contributed by atoms with Crippen LogP contribution in [-0.4, -0.2) is 4.98 Å². The van der Waals surface area contributed by atoms with Crippen molar-refractivity contribution in [2.24, 2.45) is 0 Å². The van der Waals surface area contributed by atoms with Crippen LogP contribution < -0.4 is 0 Å². The second kappa shape index (κ2) is 3.86. The highest BCUT2D eigenvalue weighted by Crippen LogP contribution is 2.24. The molecule has 1 nitrogen and oxygen atoms in total. The van der Waals surface area contributed by atoms with Crippen LogP contribution in [-0.2, 0) is 5.75 Å². The Kier molecular flexibility index (Phi) is 2.70. The van der Waals surface area contributed by atoms with Crippen molar-refractivity contribution in [1.29, 1.82) is 0 Å². The number of hydrogen-bond acceptors (Lipinski definition) is 2. The molecule has 1 aromatic heterocycles. The number of nitrogens with zero attached hydrogens (tertiary/aromatic N) is 1. The molecule has 2 aromatic rings. The van der Waals surface area contributed by atoms with E-state index in [9.17, 15) is 0 Å². The van der Waals surface area contributed by atoms with E-state index in [0.29, 0.717) is 0 Å². The van der Waals surface area contributed by atoms with Gasteiger partial charge in [-0.3, -0.25) is 4.98 Å². The van der Waals surface area contributed by atoms with E-state index in [-0.39, 0.29) is 0 Å². The summed E-state index contributed by atoms with van der Waals surface area (Å²) in [7, 11) is 0. The van der Waals surface area contributed by atoms with Crippen LogP contribution in [0.25, 0.3) is 10.9 Å². The molecule has 2 rings (SSSR count). The average molecular weight is 217 g/mol. The third-order valence-electron chi connectivity index (χ3n) is 2.63. The SMILES string of the molecule is Cc1cc(C)c2c(CS)cc(C)nc2c1. The zero-order valence-electron chi connectivity index (χ0n) is 9.33. The van der Waals surface area contributed by atoms with Crippen molar-refractivity contribution in [2.45, 2.75) is 26.5 Å². The summed E-state index contributed by atoms with van der Waals surface area (Å²) in [4.78, 5) is 4.57. The third kappa shape index (κ3) is 1.86. The number of aromatic nitrogens is 1. The van der Waals surface area contributed by atoms with Crippen LogP contribution in [0.2, 0.25) is 0 Å². The molecule has 0 N–H and O–H groups in total. The van der Waals surface area contributed by atoms with Crippen molar-refractivity contribution in [2.75, 3.05) is 0 Å². The molecule has 0 saturated heterocycles. The summed E-state index contributed by atoms with van der Waals surface area (Å²) in [6, 6.07) is 6.46. The van der Waals surface area contributed by atoms with Gasteiger partial charge in [0.25, 0.3) is 0 Å². The Balaban J connectivity index is 2.90.